The van der Waals surface area contributed by atoms with Crippen LogP contribution in [0.15, 0.2) is 24.3 Å². The predicted molar refractivity (Wildman–Crippen MR) is 201 cm³/mol. The molecule has 0 aromatic heterocycles. The maximum Gasteiger partial charge on any atom is 0.305 e. The Hall–Kier alpha value is -1.73. The van der Waals surface area contributed by atoms with Gasteiger partial charge in [0.05, 0.1) is 26.4 Å². The second kappa shape index (κ2) is 27.3. The maximum atomic E-state index is 12.2. The molecule has 0 spiro atoms. The summed E-state index contributed by atoms with van der Waals surface area (Å²) in [6.45, 7) is -0.626. The first-order chi connectivity index (χ1) is 27.8. The van der Waals surface area contributed by atoms with E-state index in [1.54, 1.807) is 0 Å². The van der Waals surface area contributed by atoms with Crippen LogP contribution >= 0.6 is 0 Å². The first-order valence-electron chi connectivity index (χ1n) is 20.5. The number of ether oxygens (including phenoxy) is 7. The van der Waals surface area contributed by atoms with Gasteiger partial charge in [0.1, 0.15) is 86.0 Å². The Bertz CT molecular complexity index is 1180. The van der Waals surface area contributed by atoms with Gasteiger partial charge in [-0.3, -0.25) is 4.79 Å². The Labute approximate surface area is 339 Å². The molecule has 19 nitrogen and oxygen atoms in total. The third-order valence-electron chi connectivity index (χ3n) is 10.3. The molecule has 3 aliphatic rings. The van der Waals surface area contributed by atoms with Crippen LogP contribution in [0.3, 0.4) is 0 Å². The van der Waals surface area contributed by atoms with Crippen LogP contribution in [0.4, 0.5) is 0 Å². The standard InChI is InChI=1S/C39H68O19/c1-2-3-4-5-6-7-8-9-10-11-12-13-14-15-16-17-27(42)52-19-23(41)20-53-37-35(50)32(47)29(44)25(57-37)22-55-39-36(51)33(48)30(45)26(58-39)21-54-38-34(49)31(46)28(43)24(18-40)56-38/h6-7,9-10,23-26,28-41,43-51H,2-5,8,11-22H2,1H3/t23-,24+,25+,26+,28-,29-,30-,31-,32-,33-,34+,35+,36+,37-,38+,39+/m0/s1. The molecule has 3 rings (SSSR count). The SMILES string of the molecule is CCCCCC=CCC=CCCCCCCCC(=O)OC[C@H](O)CO[C@H]1O[C@H](CO[C@@H]2O[C@H](CO[C@@H]3O[C@H](CO)[C@H](O)[C@H](O)[C@H]3O)[C@H](O)[C@H](O)[C@H]2O)[C@H](O)[C@H](O)[C@H]1O. The van der Waals surface area contributed by atoms with Gasteiger partial charge in [0, 0.05) is 6.42 Å². The van der Waals surface area contributed by atoms with Crippen molar-refractivity contribution in [2.45, 2.75) is 182 Å². The van der Waals surface area contributed by atoms with Gasteiger partial charge in [-0.1, -0.05) is 63.3 Å². The molecule has 3 heterocycles. The minimum atomic E-state index is -1.85. The lowest BCUT2D eigenvalue weighted by atomic mass is 9.98. The van der Waals surface area contributed by atoms with E-state index in [0.717, 1.165) is 44.9 Å². The van der Waals surface area contributed by atoms with E-state index in [4.69, 9.17) is 33.2 Å². The Morgan fingerprint density at radius 1 is 0.552 bits per heavy atom. The fourth-order valence-corrected chi connectivity index (χ4v) is 6.56. The van der Waals surface area contributed by atoms with Crippen molar-refractivity contribution in [3.05, 3.63) is 24.3 Å². The fraction of sp³-hybridized carbons (Fsp3) is 0.872. The van der Waals surface area contributed by atoms with Crippen molar-refractivity contribution in [2.24, 2.45) is 0 Å². The number of esters is 1. The van der Waals surface area contributed by atoms with Gasteiger partial charge < -0.3 is 89.3 Å². The van der Waals surface area contributed by atoms with Crippen LogP contribution in [-0.2, 0) is 38.0 Å². The van der Waals surface area contributed by atoms with Crippen LogP contribution in [0.2, 0.25) is 0 Å². The van der Waals surface area contributed by atoms with Gasteiger partial charge in [0.15, 0.2) is 18.9 Å². The van der Waals surface area contributed by atoms with Gasteiger partial charge in [-0.15, -0.1) is 0 Å². The highest BCUT2D eigenvalue weighted by Crippen LogP contribution is 2.28. The van der Waals surface area contributed by atoms with Crippen molar-refractivity contribution < 1.29 is 94.1 Å². The van der Waals surface area contributed by atoms with Crippen molar-refractivity contribution in [1.82, 2.24) is 0 Å². The Morgan fingerprint density at radius 3 is 1.52 bits per heavy atom. The lowest BCUT2D eigenvalue weighted by molar-refractivity contribution is -0.343. The molecule has 0 radical (unpaired) electrons. The summed E-state index contributed by atoms with van der Waals surface area (Å²) in [7, 11) is 0. The highest BCUT2D eigenvalue weighted by atomic mass is 16.7. The summed E-state index contributed by atoms with van der Waals surface area (Å²) in [6.07, 6.45) is -5.59. The molecule has 0 amide bonds. The molecule has 0 aliphatic carbocycles. The number of allylic oxidation sites excluding steroid dienone is 4. The topological polar surface area (TPSA) is 304 Å². The van der Waals surface area contributed by atoms with Crippen molar-refractivity contribution in [1.29, 1.82) is 0 Å². The Kier molecular flexibility index (Phi) is 23.8. The summed E-state index contributed by atoms with van der Waals surface area (Å²) in [5.74, 6) is -0.484. The molecule has 0 bridgehead atoms. The number of carbonyl (C=O) groups excluding carboxylic acids is 1. The molecule has 0 unspecified atom stereocenters. The van der Waals surface area contributed by atoms with Crippen molar-refractivity contribution in [2.75, 3.05) is 33.0 Å². The lowest BCUT2D eigenvalue weighted by Crippen LogP contribution is -2.62. The molecule has 338 valence electrons. The third-order valence-corrected chi connectivity index (χ3v) is 10.3. The van der Waals surface area contributed by atoms with Gasteiger partial charge in [-0.05, 0) is 38.5 Å². The predicted octanol–water partition coefficient (Wildman–Crippen LogP) is -1.83. The number of carbonyl (C=O) groups is 1. The largest absolute Gasteiger partial charge is 0.463 e. The van der Waals surface area contributed by atoms with Crippen molar-refractivity contribution in [3.63, 3.8) is 0 Å². The first-order valence-corrected chi connectivity index (χ1v) is 20.5. The van der Waals surface area contributed by atoms with E-state index in [-0.39, 0.29) is 6.42 Å². The lowest BCUT2D eigenvalue weighted by Gasteiger charge is -2.43. The van der Waals surface area contributed by atoms with Crippen LogP contribution in [-0.4, -0.2) is 193 Å². The summed E-state index contributed by atoms with van der Waals surface area (Å²) in [6, 6.07) is 0. The number of hydrogen-bond donors (Lipinski definition) is 11. The number of rotatable bonds is 26. The third kappa shape index (κ3) is 16.3. The molecule has 3 fully saturated rings. The van der Waals surface area contributed by atoms with E-state index in [2.05, 4.69) is 31.2 Å². The second-order valence-corrected chi connectivity index (χ2v) is 15.0. The van der Waals surface area contributed by atoms with Gasteiger partial charge >= 0.3 is 5.97 Å². The normalized spacial score (nSPS) is 36.4. The molecular weight excluding hydrogens is 772 g/mol. The molecule has 3 aliphatic heterocycles. The fourth-order valence-electron chi connectivity index (χ4n) is 6.56. The molecule has 0 saturated carbocycles. The zero-order chi connectivity index (χ0) is 42.6. The van der Waals surface area contributed by atoms with E-state index in [9.17, 15) is 61.0 Å². The van der Waals surface area contributed by atoms with Gasteiger partial charge in [0.25, 0.3) is 0 Å². The van der Waals surface area contributed by atoms with E-state index in [1.165, 1.54) is 19.3 Å². The molecule has 58 heavy (non-hydrogen) atoms. The van der Waals surface area contributed by atoms with Gasteiger partial charge in [-0.2, -0.15) is 0 Å². The zero-order valence-corrected chi connectivity index (χ0v) is 33.3. The van der Waals surface area contributed by atoms with Crippen LogP contribution in [0, 0.1) is 0 Å². The van der Waals surface area contributed by atoms with Crippen LogP contribution in [0.1, 0.15) is 84.0 Å². The maximum absolute atomic E-state index is 12.2. The average Bonchev–Trinajstić information content (AvgIpc) is 3.21. The van der Waals surface area contributed by atoms with Gasteiger partial charge in [-0.25, -0.2) is 0 Å². The number of unbranched alkanes of at least 4 members (excludes halogenated alkanes) is 8. The minimum absolute atomic E-state index is 0.190. The Morgan fingerprint density at radius 2 is 1.00 bits per heavy atom. The highest BCUT2D eigenvalue weighted by molar-refractivity contribution is 5.69. The van der Waals surface area contributed by atoms with Gasteiger partial charge in [0.2, 0.25) is 0 Å². The molecule has 16 atom stereocenters. The number of aliphatic hydroxyl groups is 11. The van der Waals surface area contributed by atoms with Crippen LogP contribution < -0.4 is 0 Å². The second-order valence-electron chi connectivity index (χ2n) is 15.0. The summed E-state index contributed by atoms with van der Waals surface area (Å²) < 4.78 is 37.8. The monoisotopic (exact) mass is 840 g/mol. The molecule has 3 saturated heterocycles. The van der Waals surface area contributed by atoms with E-state index in [0.29, 0.717) is 6.42 Å². The van der Waals surface area contributed by atoms with E-state index < -0.39 is 137 Å². The first kappa shape index (κ1) is 50.6. The zero-order valence-electron chi connectivity index (χ0n) is 33.3. The average molecular weight is 841 g/mol. The van der Waals surface area contributed by atoms with E-state index in [1.807, 2.05) is 0 Å². The van der Waals surface area contributed by atoms with Crippen molar-refractivity contribution >= 4 is 5.97 Å². The molecule has 11 N–H and O–H groups in total. The molecule has 0 aromatic carbocycles. The summed E-state index contributed by atoms with van der Waals surface area (Å²) >= 11 is 0. The van der Waals surface area contributed by atoms with Crippen LogP contribution in [0.5, 0.6) is 0 Å². The molecule has 19 heteroatoms. The smallest absolute Gasteiger partial charge is 0.305 e. The highest BCUT2D eigenvalue weighted by Gasteiger charge is 2.49. The quantitative estimate of drug-likeness (QED) is 0.0259. The number of hydrogen-bond acceptors (Lipinski definition) is 19. The molecule has 0 aromatic rings. The van der Waals surface area contributed by atoms with E-state index >= 15 is 0 Å². The Balaban J connectivity index is 1.34. The van der Waals surface area contributed by atoms with Crippen LogP contribution in [0.25, 0.3) is 0 Å². The summed E-state index contributed by atoms with van der Waals surface area (Å²) in [5, 5.41) is 113. The summed E-state index contributed by atoms with van der Waals surface area (Å²) in [5.41, 5.74) is 0. The summed E-state index contributed by atoms with van der Waals surface area (Å²) in [4.78, 5) is 12.2. The number of aliphatic hydroxyl groups excluding tert-OH is 11. The molecular formula is C39H68O19. The van der Waals surface area contributed by atoms with Crippen molar-refractivity contribution in [3.8, 4) is 0 Å². The minimum Gasteiger partial charge on any atom is -0.463 e.